The van der Waals surface area contributed by atoms with Gasteiger partial charge in [0, 0.05) is 61.0 Å². The van der Waals surface area contributed by atoms with E-state index in [1.165, 1.54) is 22.9 Å². The number of halogens is 3. The molecule has 2 aromatic carbocycles. The van der Waals surface area contributed by atoms with Crippen molar-refractivity contribution in [1.29, 1.82) is 0 Å². The van der Waals surface area contributed by atoms with Crippen molar-refractivity contribution in [2.75, 3.05) is 36.5 Å². The van der Waals surface area contributed by atoms with Gasteiger partial charge in [-0.2, -0.15) is 18.3 Å². The van der Waals surface area contributed by atoms with E-state index in [2.05, 4.69) is 15.3 Å². The van der Waals surface area contributed by atoms with E-state index in [-0.39, 0.29) is 16.8 Å². The third-order valence-corrected chi connectivity index (χ3v) is 6.84. The van der Waals surface area contributed by atoms with Crippen LogP contribution in [0.3, 0.4) is 0 Å². The van der Waals surface area contributed by atoms with Gasteiger partial charge in [-0.05, 0) is 30.3 Å². The number of anilines is 2. The number of aromatic nitrogens is 4. The summed E-state index contributed by atoms with van der Waals surface area (Å²) < 4.78 is 50.1. The Kier molecular flexibility index (Phi) is 6.51. The molecular weight excluding hydrogens is 521 g/mol. The predicted molar refractivity (Wildman–Crippen MR) is 145 cm³/mol. The first-order valence-corrected chi connectivity index (χ1v) is 12.7. The van der Waals surface area contributed by atoms with Crippen LogP contribution in [0.15, 0.2) is 79.1 Å². The van der Waals surface area contributed by atoms with Crippen LogP contribution in [0.2, 0.25) is 0 Å². The Morgan fingerprint density at radius 2 is 1.75 bits per heavy atom. The highest BCUT2D eigenvalue weighted by molar-refractivity contribution is 6.06. The fraction of sp³-hybridized carbons (Fsp3) is 0.207. The third kappa shape index (κ3) is 4.91. The second-order valence-corrected chi connectivity index (χ2v) is 9.47. The minimum Gasteiger partial charge on any atom is -0.378 e. The molecule has 4 heterocycles. The molecule has 0 saturated carbocycles. The lowest BCUT2D eigenvalue weighted by atomic mass is 10.0. The molecule has 0 radical (unpaired) electrons. The minimum atomic E-state index is -4.61. The first-order valence-electron chi connectivity index (χ1n) is 12.7. The number of hydrogen-bond donors (Lipinski definition) is 1. The van der Waals surface area contributed by atoms with E-state index in [9.17, 15) is 18.0 Å². The van der Waals surface area contributed by atoms with Crippen LogP contribution in [0.5, 0.6) is 0 Å². The van der Waals surface area contributed by atoms with Gasteiger partial charge >= 0.3 is 6.18 Å². The first kappa shape index (κ1) is 25.6. The molecule has 204 valence electrons. The van der Waals surface area contributed by atoms with Crippen molar-refractivity contribution < 1.29 is 22.7 Å². The highest BCUT2D eigenvalue weighted by Gasteiger charge is 2.35. The van der Waals surface area contributed by atoms with Crippen LogP contribution in [0, 0.1) is 0 Å². The summed E-state index contributed by atoms with van der Waals surface area (Å²) in [6, 6.07) is 18.1. The number of amides is 1. The van der Waals surface area contributed by atoms with Crippen molar-refractivity contribution in [2.24, 2.45) is 7.05 Å². The van der Waals surface area contributed by atoms with Gasteiger partial charge in [0.05, 0.1) is 24.5 Å². The molecule has 40 heavy (non-hydrogen) atoms. The molecule has 0 unspecified atom stereocenters. The van der Waals surface area contributed by atoms with Crippen molar-refractivity contribution in [2.45, 2.75) is 6.18 Å². The fourth-order valence-electron chi connectivity index (χ4n) is 4.85. The molecule has 0 atom stereocenters. The molecule has 0 bridgehead atoms. The van der Waals surface area contributed by atoms with Crippen LogP contribution in [-0.2, 0) is 18.0 Å². The molecule has 1 fully saturated rings. The van der Waals surface area contributed by atoms with E-state index in [1.807, 2.05) is 48.7 Å². The van der Waals surface area contributed by atoms with Gasteiger partial charge in [-0.15, -0.1) is 0 Å². The molecule has 0 spiro atoms. The summed E-state index contributed by atoms with van der Waals surface area (Å²) in [7, 11) is 1.62. The van der Waals surface area contributed by atoms with Crippen LogP contribution in [0.1, 0.15) is 15.9 Å². The number of hydrogen-bond acceptors (Lipinski definition) is 5. The van der Waals surface area contributed by atoms with E-state index in [0.29, 0.717) is 30.4 Å². The Morgan fingerprint density at radius 3 is 2.45 bits per heavy atom. The number of rotatable bonds is 5. The number of nitrogens with zero attached hydrogens (tertiary/aromatic N) is 5. The number of carbonyl (C=O) groups is 1. The van der Waals surface area contributed by atoms with Crippen molar-refractivity contribution >= 4 is 23.1 Å². The van der Waals surface area contributed by atoms with Gasteiger partial charge < -0.3 is 15.0 Å². The zero-order valence-corrected chi connectivity index (χ0v) is 21.5. The molecular formula is C29H25F3N6O2. The van der Waals surface area contributed by atoms with Gasteiger partial charge in [-0.3, -0.25) is 13.9 Å². The molecule has 5 aromatic rings. The molecule has 1 N–H and O–H groups in total. The van der Waals surface area contributed by atoms with Crippen LogP contribution in [0.25, 0.3) is 28.2 Å². The molecule has 1 saturated heterocycles. The Bertz CT molecular complexity index is 1690. The predicted octanol–water partition coefficient (Wildman–Crippen LogP) is 5.51. The summed E-state index contributed by atoms with van der Waals surface area (Å²) in [4.78, 5) is 20.6. The fourth-order valence-corrected chi connectivity index (χ4v) is 4.85. The molecule has 11 heteroatoms. The lowest BCUT2D eigenvalue weighted by Crippen LogP contribution is -2.36. The standard InChI is InChI=1S/C29H25F3N6O2/c1-36-11-10-24(35-36)22-17-20(7-8-23(22)29(30,31)32)28(39)34-27-26(19-5-3-2-4-6-19)33-25-18-21(9-12-38(25)27)37-13-15-40-16-14-37/h2-12,17-18H,13-16H2,1H3,(H,34,39). The smallest absolute Gasteiger partial charge is 0.378 e. The SMILES string of the molecule is Cn1ccc(-c2cc(C(=O)Nc3c(-c4ccccc4)nc4cc(N5CCOCC5)ccn34)ccc2C(F)(F)F)n1. The summed E-state index contributed by atoms with van der Waals surface area (Å²) in [5.74, 6) is -0.152. The molecule has 1 amide bonds. The largest absolute Gasteiger partial charge is 0.417 e. The molecule has 3 aromatic heterocycles. The Hall–Kier alpha value is -4.64. The number of imidazole rings is 1. The van der Waals surface area contributed by atoms with Crippen LogP contribution in [-0.4, -0.2) is 51.4 Å². The second-order valence-electron chi connectivity index (χ2n) is 9.47. The zero-order chi connectivity index (χ0) is 27.9. The first-order chi connectivity index (χ1) is 19.3. The number of nitrogens with one attached hydrogen (secondary N) is 1. The van der Waals surface area contributed by atoms with Crippen molar-refractivity contribution in [1.82, 2.24) is 19.2 Å². The van der Waals surface area contributed by atoms with E-state index in [0.717, 1.165) is 30.4 Å². The average Bonchev–Trinajstić information content (AvgIpc) is 3.56. The molecule has 8 nitrogen and oxygen atoms in total. The number of aryl methyl sites for hydroxylation is 1. The molecule has 1 aliphatic heterocycles. The van der Waals surface area contributed by atoms with Crippen LogP contribution < -0.4 is 10.2 Å². The normalized spacial score (nSPS) is 14.1. The van der Waals surface area contributed by atoms with Gasteiger partial charge in [-0.1, -0.05) is 30.3 Å². The summed E-state index contributed by atoms with van der Waals surface area (Å²) in [6.07, 6.45) is -1.22. The molecule has 6 rings (SSSR count). The number of alkyl halides is 3. The van der Waals surface area contributed by atoms with E-state index in [1.54, 1.807) is 17.6 Å². The number of ether oxygens (including phenoxy) is 1. The lowest BCUT2D eigenvalue weighted by molar-refractivity contribution is -0.137. The number of benzene rings is 2. The maximum atomic E-state index is 13.8. The Balaban J connectivity index is 1.41. The summed E-state index contributed by atoms with van der Waals surface area (Å²) >= 11 is 0. The number of pyridine rings is 1. The number of carbonyl (C=O) groups excluding carboxylic acids is 1. The van der Waals surface area contributed by atoms with Crippen LogP contribution in [0.4, 0.5) is 24.7 Å². The summed E-state index contributed by atoms with van der Waals surface area (Å²) in [6.45, 7) is 2.81. The van der Waals surface area contributed by atoms with Gasteiger partial charge in [-0.25, -0.2) is 4.98 Å². The zero-order valence-electron chi connectivity index (χ0n) is 21.5. The topological polar surface area (TPSA) is 76.7 Å². The van der Waals surface area contributed by atoms with Crippen molar-refractivity contribution in [3.8, 4) is 22.5 Å². The Morgan fingerprint density at radius 1 is 0.975 bits per heavy atom. The van der Waals surface area contributed by atoms with E-state index < -0.39 is 17.6 Å². The van der Waals surface area contributed by atoms with Gasteiger partial charge in [0.2, 0.25) is 0 Å². The van der Waals surface area contributed by atoms with Gasteiger partial charge in [0.25, 0.3) is 5.91 Å². The van der Waals surface area contributed by atoms with E-state index >= 15 is 0 Å². The quantitative estimate of drug-likeness (QED) is 0.315. The third-order valence-electron chi connectivity index (χ3n) is 6.84. The van der Waals surface area contributed by atoms with Crippen molar-refractivity contribution in [3.05, 3.63) is 90.3 Å². The number of morpholine rings is 1. The lowest BCUT2D eigenvalue weighted by Gasteiger charge is -2.28. The maximum absolute atomic E-state index is 13.8. The Labute approximate surface area is 227 Å². The highest BCUT2D eigenvalue weighted by Crippen LogP contribution is 2.37. The number of fused-ring (bicyclic) bond motifs is 1. The average molecular weight is 547 g/mol. The van der Waals surface area contributed by atoms with Crippen molar-refractivity contribution in [3.63, 3.8) is 0 Å². The minimum absolute atomic E-state index is 0.0625. The van der Waals surface area contributed by atoms with E-state index in [4.69, 9.17) is 9.72 Å². The maximum Gasteiger partial charge on any atom is 0.417 e. The van der Waals surface area contributed by atoms with Crippen LogP contribution >= 0.6 is 0 Å². The summed E-state index contributed by atoms with van der Waals surface area (Å²) in [5, 5.41) is 7.04. The van der Waals surface area contributed by atoms with Gasteiger partial charge in [0.1, 0.15) is 17.2 Å². The molecule has 1 aliphatic rings. The highest BCUT2D eigenvalue weighted by atomic mass is 19.4. The summed E-state index contributed by atoms with van der Waals surface area (Å²) in [5.41, 5.74) is 2.10. The monoisotopic (exact) mass is 546 g/mol. The molecule has 0 aliphatic carbocycles. The van der Waals surface area contributed by atoms with Gasteiger partial charge in [0.15, 0.2) is 0 Å². The second kappa shape index (κ2) is 10.2.